The van der Waals surface area contributed by atoms with Crippen molar-refractivity contribution in [3.05, 3.63) is 77.0 Å². The van der Waals surface area contributed by atoms with Crippen molar-refractivity contribution in [2.75, 3.05) is 19.5 Å². The molecule has 2 N–H and O–H groups in total. The number of anilines is 1. The Bertz CT molecular complexity index is 1090. The topological polar surface area (TPSA) is 58.0 Å². The lowest BCUT2D eigenvalue weighted by Crippen LogP contribution is -2.25. The number of aryl methyl sites for hydroxylation is 1. The molecule has 0 aliphatic carbocycles. The summed E-state index contributed by atoms with van der Waals surface area (Å²) in [5, 5.41) is 6.93. The number of hydrogen-bond acceptors (Lipinski definition) is 4. The predicted octanol–water partition coefficient (Wildman–Crippen LogP) is 7.10. The van der Waals surface area contributed by atoms with E-state index in [1.54, 1.807) is 14.2 Å². The number of allylic oxidation sites excluding steroid dienone is 2. The molecule has 0 fully saturated rings. The van der Waals surface area contributed by atoms with Crippen molar-refractivity contribution in [1.82, 2.24) is 5.32 Å². The van der Waals surface area contributed by atoms with Crippen LogP contribution in [0.2, 0.25) is 0 Å². The number of ether oxygens (including phenoxy) is 1. The van der Waals surface area contributed by atoms with Crippen molar-refractivity contribution >= 4 is 23.9 Å². The van der Waals surface area contributed by atoms with E-state index in [4.69, 9.17) is 4.74 Å². The number of aliphatic imine (C=N–C) groups is 2. The van der Waals surface area contributed by atoms with Gasteiger partial charge < -0.3 is 15.4 Å². The van der Waals surface area contributed by atoms with Crippen LogP contribution in [-0.4, -0.2) is 32.8 Å². The van der Waals surface area contributed by atoms with E-state index in [1.165, 1.54) is 11.1 Å². The van der Waals surface area contributed by atoms with E-state index in [9.17, 15) is 0 Å². The summed E-state index contributed by atoms with van der Waals surface area (Å²) in [5.41, 5.74) is 7.39. The van der Waals surface area contributed by atoms with Crippen molar-refractivity contribution in [1.29, 1.82) is 0 Å². The lowest BCUT2D eigenvalue weighted by atomic mass is 9.86. The summed E-state index contributed by atoms with van der Waals surface area (Å²) in [4.78, 5) is 8.69. The van der Waals surface area contributed by atoms with Gasteiger partial charge in [-0.25, -0.2) is 0 Å². The average Bonchev–Trinajstić information content (AvgIpc) is 2.81. The Kier molecular flexibility index (Phi) is 9.88. The molecule has 0 aliphatic heterocycles. The van der Waals surface area contributed by atoms with E-state index in [-0.39, 0.29) is 11.5 Å². The molecule has 2 rings (SSSR count). The van der Waals surface area contributed by atoms with Gasteiger partial charge in [0, 0.05) is 36.5 Å². The Hall–Kier alpha value is -3.34. The molecule has 0 saturated heterocycles. The molecule has 5 heteroatoms. The summed E-state index contributed by atoms with van der Waals surface area (Å²) in [6.45, 7) is 21.1. The summed E-state index contributed by atoms with van der Waals surface area (Å²) >= 11 is 0. The fourth-order valence-corrected chi connectivity index (χ4v) is 3.77. The molecule has 0 aliphatic rings. The lowest BCUT2D eigenvalue weighted by molar-refractivity contribution is 0.410. The minimum atomic E-state index is 0.173. The third-order valence-corrected chi connectivity index (χ3v) is 6.18. The largest absolute Gasteiger partial charge is 0.496 e. The number of rotatable bonds is 10. The number of nitrogens with zero attached hydrogens (tertiary/aromatic N) is 2. The third-order valence-electron chi connectivity index (χ3n) is 6.18. The zero-order valence-electron chi connectivity index (χ0n) is 22.7. The van der Waals surface area contributed by atoms with Crippen LogP contribution in [0.15, 0.2) is 70.3 Å². The highest BCUT2D eigenvalue weighted by molar-refractivity contribution is 6.11. The van der Waals surface area contributed by atoms with Crippen LogP contribution < -0.4 is 15.4 Å². The summed E-state index contributed by atoms with van der Waals surface area (Å²) in [6, 6.07) is 12.5. The molecule has 0 saturated carbocycles. The second kappa shape index (κ2) is 12.4. The Balaban J connectivity index is 2.11. The van der Waals surface area contributed by atoms with E-state index in [0.29, 0.717) is 5.84 Å². The summed E-state index contributed by atoms with van der Waals surface area (Å²) in [7, 11) is 3.44. The molecule has 1 atom stereocenters. The van der Waals surface area contributed by atoms with Crippen LogP contribution in [-0.2, 0) is 12.8 Å². The van der Waals surface area contributed by atoms with Gasteiger partial charge in [-0.1, -0.05) is 58.1 Å². The third kappa shape index (κ3) is 7.84. The second-order valence-corrected chi connectivity index (χ2v) is 9.90. The van der Waals surface area contributed by atoms with Crippen molar-refractivity contribution in [2.45, 2.75) is 60.4 Å². The van der Waals surface area contributed by atoms with Crippen LogP contribution >= 0.6 is 0 Å². The maximum Gasteiger partial charge on any atom is 0.134 e. The molecule has 0 bridgehead atoms. The zero-order chi connectivity index (χ0) is 26.2. The first-order chi connectivity index (χ1) is 16.5. The van der Waals surface area contributed by atoms with Crippen molar-refractivity contribution < 1.29 is 4.74 Å². The first-order valence-electron chi connectivity index (χ1n) is 12.2. The highest BCUT2D eigenvalue weighted by Gasteiger charge is 2.15. The number of methoxy groups -OCH3 is 1. The molecule has 0 heterocycles. The predicted molar refractivity (Wildman–Crippen MR) is 153 cm³/mol. The first kappa shape index (κ1) is 27.9. The molecule has 0 radical (unpaired) electrons. The normalized spacial score (nSPS) is 13.3. The maximum atomic E-state index is 5.58. The maximum absolute atomic E-state index is 5.58. The molecule has 0 aromatic heterocycles. The van der Waals surface area contributed by atoms with Gasteiger partial charge in [-0.15, -0.1) is 0 Å². The fraction of sp³-hybridized carbons (Fsp3) is 0.400. The van der Waals surface area contributed by atoms with Gasteiger partial charge in [0.1, 0.15) is 11.6 Å². The number of nitrogens with one attached hydrogen (secondary N) is 2. The van der Waals surface area contributed by atoms with Gasteiger partial charge in [-0.2, -0.15) is 0 Å². The monoisotopic (exact) mass is 474 g/mol. The number of hydrogen-bond donors (Lipinski definition) is 2. The van der Waals surface area contributed by atoms with E-state index in [1.807, 2.05) is 12.1 Å². The Morgan fingerprint density at radius 2 is 1.83 bits per heavy atom. The van der Waals surface area contributed by atoms with Crippen LogP contribution in [0.3, 0.4) is 0 Å². The van der Waals surface area contributed by atoms with E-state index in [2.05, 4.69) is 106 Å². The molecular weight excluding hydrogens is 432 g/mol. The molecule has 5 nitrogen and oxygen atoms in total. The minimum absolute atomic E-state index is 0.173. The second-order valence-electron chi connectivity index (χ2n) is 9.90. The van der Waals surface area contributed by atoms with Gasteiger partial charge in [-0.3, -0.25) is 9.98 Å². The highest BCUT2D eigenvalue weighted by atomic mass is 16.5. The molecule has 1 unspecified atom stereocenters. The highest BCUT2D eigenvalue weighted by Crippen LogP contribution is 2.30. The van der Waals surface area contributed by atoms with Crippen LogP contribution in [0.5, 0.6) is 5.75 Å². The smallest absolute Gasteiger partial charge is 0.134 e. The van der Waals surface area contributed by atoms with E-state index in [0.717, 1.165) is 46.8 Å². The molecule has 35 heavy (non-hydrogen) atoms. The van der Waals surface area contributed by atoms with Crippen molar-refractivity contribution in [3.8, 4) is 5.75 Å². The van der Waals surface area contributed by atoms with E-state index < -0.39 is 0 Å². The molecule has 0 amide bonds. The zero-order valence-corrected chi connectivity index (χ0v) is 22.7. The summed E-state index contributed by atoms with van der Waals surface area (Å²) < 4.78 is 5.58. The minimum Gasteiger partial charge on any atom is -0.496 e. The lowest BCUT2D eigenvalue weighted by Gasteiger charge is -2.22. The Labute approximate surface area is 212 Å². The molecule has 2 aromatic carbocycles. The van der Waals surface area contributed by atoms with Crippen molar-refractivity contribution in [3.63, 3.8) is 0 Å². The Morgan fingerprint density at radius 1 is 1.17 bits per heavy atom. The SMILES string of the molecule is C=Nc1cc(CC)c(OC)cc1C(=NC)Nc1ccc(CC(=C)NC(C)/C=C(\C)C(C)(C)C)cc1. The number of amidine groups is 1. The molecular formula is C30H42N4O. The van der Waals surface area contributed by atoms with Crippen LogP contribution in [0.1, 0.15) is 58.2 Å². The summed E-state index contributed by atoms with van der Waals surface area (Å²) in [6.07, 6.45) is 3.89. The van der Waals surface area contributed by atoms with Gasteiger partial charge in [0.15, 0.2) is 0 Å². The molecule has 2 aromatic rings. The van der Waals surface area contributed by atoms with Gasteiger partial charge in [0.25, 0.3) is 0 Å². The van der Waals surface area contributed by atoms with Gasteiger partial charge in [0.2, 0.25) is 0 Å². The van der Waals surface area contributed by atoms with Gasteiger partial charge in [0.05, 0.1) is 12.8 Å². The van der Waals surface area contributed by atoms with Crippen LogP contribution in [0.4, 0.5) is 11.4 Å². The van der Waals surface area contributed by atoms with Gasteiger partial charge in [-0.05, 0) is 67.8 Å². The van der Waals surface area contributed by atoms with Crippen molar-refractivity contribution in [2.24, 2.45) is 15.4 Å². The van der Waals surface area contributed by atoms with Crippen LogP contribution in [0, 0.1) is 5.41 Å². The Morgan fingerprint density at radius 3 is 2.34 bits per heavy atom. The quantitative estimate of drug-likeness (QED) is 0.219. The summed E-state index contributed by atoms with van der Waals surface area (Å²) in [5.74, 6) is 1.53. The molecule has 0 spiro atoms. The molecule has 188 valence electrons. The van der Waals surface area contributed by atoms with Crippen LogP contribution in [0.25, 0.3) is 0 Å². The van der Waals surface area contributed by atoms with E-state index >= 15 is 0 Å². The number of benzene rings is 2. The average molecular weight is 475 g/mol. The first-order valence-corrected chi connectivity index (χ1v) is 12.2. The standard InChI is InChI=1S/C30H42N4O/c1-11-24-18-27(31-8)26(19-28(24)35-10)29(32-9)34-25-14-12-23(13-15-25)17-22(4)33-21(3)16-20(2)30(5,6)7/h12-16,18-19,21,33H,4,8,11,17H2,1-3,5-7,9-10H3,(H,32,34)/b20-16+. The van der Waals surface area contributed by atoms with Gasteiger partial charge >= 0.3 is 0 Å². The fourth-order valence-electron chi connectivity index (χ4n) is 3.77.